The van der Waals surface area contributed by atoms with Gasteiger partial charge in [0.1, 0.15) is 0 Å². The molecule has 1 heterocycles. The lowest BCUT2D eigenvalue weighted by Gasteiger charge is -2.07. The Kier molecular flexibility index (Phi) is 5.90. The lowest BCUT2D eigenvalue weighted by molar-refractivity contribution is 0.102. The summed E-state index contributed by atoms with van der Waals surface area (Å²) in [6.45, 7) is 2.75. The predicted molar refractivity (Wildman–Crippen MR) is 108 cm³/mol. The highest BCUT2D eigenvalue weighted by Gasteiger charge is 2.16. The smallest absolute Gasteiger partial charge is 0.238 e. The summed E-state index contributed by atoms with van der Waals surface area (Å²) in [6.07, 6.45) is 0.876. The Morgan fingerprint density at radius 3 is 2.56 bits per heavy atom. The van der Waals surface area contributed by atoms with Crippen molar-refractivity contribution in [3.05, 3.63) is 53.1 Å². The van der Waals surface area contributed by atoms with Crippen LogP contribution in [0.25, 0.3) is 11.0 Å². The van der Waals surface area contributed by atoms with Crippen LogP contribution >= 0.6 is 23.4 Å². The summed E-state index contributed by atoms with van der Waals surface area (Å²) in [5, 5.41) is 6.45. The first kappa shape index (κ1) is 19.9. The van der Waals surface area contributed by atoms with Crippen molar-refractivity contribution in [1.29, 1.82) is 0 Å². The average Bonchev–Trinajstić information content (AvgIpc) is 2.97. The van der Waals surface area contributed by atoms with Gasteiger partial charge in [0.25, 0.3) is 0 Å². The monoisotopic (exact) mass is 423 g/mol. The van der Waals surface area contributed by atoms with Gasteiger partial charge in [0.2, 0.25) is 10.0 Å². The second-order valence-electron chi connectivity index (χ2n) is 5.96. The van der Waals surface area contributed by atoms with E-state index in [2.05, 4.69) is 4.98 Å². The molecule has 0 aliphatic heterocycles. The molecule has 0 saturated carbocycles. The van der Waals surface area contributed by atoms with Crippen molar-refractivity contribution in [1.82, 2.24) is 9.55 Å². The number of carbonyl (C=O) groups excluding carboxylic acids is 1. The Morgan fingerprint density at radius 2 is 1.93 bits per heavy atom. The molecule has 2 aromatic carbocycles. The maximum Gasteiger partial charge on any atom is 0.238 e. The molecule has 0 fully saturated rings. The zero-order chi connectivity index (χ0) is 19.6. The van der Waals surface area contributed by atoms with Crippen LogP contribution in [0.3, 0.4) is 0 Å². The van der Waals surface area contributed by atoms with Crippen molar-refractivity contribution in [3.8, 4) is 0 Å². The van der Waals surface area contributed by atoms with E-state index >= 15 is 0 Å². The Morgan fingerprint density at radius 1 is 1.22 bits per heavy atom. The number of aryl methyl sites for hydroxylation is 1. The van der Waals surface area contributed by atoms with Crippen LogP contribution in [0.4, 0.5) is 0 Å². The molecule has 0 spiro atoms. The molecular weight excluding hydrogens is 406 g/mol. The number of sulfonamides is 1. The van der Waals surface area contributed by atoms with Gasteiger partial charge in [-0.25, -0.2) is 18.5 Å². The van der Waals surface area contributed by atoms with Gasteiger partial charge in [-0.05, 0) is 48.9 Å². The summed E-state index contributed by atoms with van der Waals surface area (Å²) in [5.41, 5.74) is 1.93. The summed E-state index contributed by atoms with van der Waals surface area (Å²) in [6, 6.07) is 11.4. The third kappa shape index (κ3) is 4.52. The molecule has 0 amide bonds. The van der Waals surface area contributed by atoms with E-state index in [4.69, 9.17) is 16.7 Å². The largest absolute Gasteiger partial charge is 0.319 e. The molecule has 9 heteroatoms. The van der Waals surface area contributed by atoms with Crippen molar-refractivity contribution in [2.24, 2.45) is 5.14 Å². The van der Waals surface area contributed by atoms with Crippen LogP contribution in [-0.4, -0.2) is 29.5 Å². The Labute approximate surface area is 166 Å². The van der Waals surface area contributed by atoms with E-state index in [1.165, 1.54) is 23.9 Å². The second kappa shape index (κ2) is 8.02. The standard InChI is InChI=1S/C18H18ClN3O3S2/c1-2-9-22-16-8-7-14(27(20,24)25)10-15(16)21-18(22)26-11-17(23)12-3-5-13(19)6-4-12/h3-8,10H,2,9,11H2,1H3,(H2,20,24,25). The van der Waals surface area contributed by atoms with Gasteiger partial charge in [-0.15, -0.1) is 0 Å². The molecule has 3 aromatic rings. The molecule has 0 unspecified atom stereocenters. The van der Waals surface area contributed by atoms with E-state index in [1.807, 2.05) is 11.5 Å². The number of thioether (sulfide) groups is 1. The van der Waals surface area contributed by atoms with Crippen LogP contribution in [-0.2, 0) is 16.6 Å². The van der Waals surface area contributed by atoms with Gasteiger partial charge in [-0.1, -0.05) is 30.3 Å². The number of hydrogen-bond acceptors (Lipinski definition) is 5. The SMILES string of the molecule is CCCn1c(SCC(=O)c2ccc(Cl)cc2)nc2cc(S(N)(=O)=O)ccc21. The number of benzene rings is 2. The fraction of sp³-hybridized carbons (Fsp3) is 0.222. The van der Waals surface area contributed by atoms with Crippen molar-refractivity contribution < 1.29 is 13.2 Å². The van der Waals surface area contributed by atoms with E-state index in [9.17, 15) is 13.2 Å². The minimum Gasteiger partial charge on any atom is -0.319 e. The lowest BCUT2D eigenvalue weighted by atomic mass is 10.1. The highest BCUT2D eigenvalue weighted by atomic mass is 35.5. The van der Waals surface area contributed by atoms with E-state index in [-0.39, 0.29) is 16.4 Å². The molecule has 0 radical (unpaired) electrons. The van der Waals surface area contributed by atoms with Crippen LogP contribution in [0.1, 0.15) is 23.7 Å². The van der Waals surface area contributed by atoms with Gasteiger partial charge in [0, 0.05) is 17.1 Å². The van der Waals surface area contributed by atoms with Crippen LogP contribution in [0.15, 0.2) is 52.5 Å². The summed E-state index contributed by atoms with van der Waals surface area (Å²) in [7, 11) is -3.80. The quantitative estimate of drug-likeness (QED) is 0.461. The minimum absolute atomic E-state index is 0.0185. The average molecular weight is 424 g/mol. The molecule has 0 atom stereocenters. The first-order chi connectivity index (χ1) is 12.8. The van der Waals surface area contributed by atoms with Gasteiger partial charge in [-0.3, -0.25) is 4.79 Å². The fourth-order valence-electron chi connectivity index (χ4n) is 2.66. The number of Topliss-reactive ketones (excluding diaryl/α,β-unsaturated/α-hetero) is 1. The maximum absolute atomic E-state index is 12.4. The molecule has 0 bridgehead atoms. The zero-order valence-electron chi connectivity index (χ0n) is 14.6. The number of carbonyl (C=O) groups is 1. The van der Waals surface area contributed by atoms with Crippen molar-refractivity contribution in [2.75, 3.05) is 5.75 Å². The number of rotatable bonds is 7. The number of halogens is 1. The highest BCUT2D eigenvalue weighted by molar-refractivity contribution is 7.99. The van der Waals surface area contributed by atoms with Crippen LogP contribution in [0.2, 0.25) is 5.02 Å². The Bertz CT molecular complexity index is 1090. The molecule has 2 N–H and O–H groups in total. The van der Waals surface area contributed by atoms with E-state index in [1.54, 1.807) is 30.3 Å². The fourth-order valence-corrected chi connectivity index (χ4v) is 4.26. The summed E-state index contributed by atoms with van der Waals surface area (Å²) < 4.78 is 25.1. The minimum atomic E-state index is -3.80. The van der Waals surface area contributed by atoms with Gasteiger partial charge in [0.05, 0.1) is 21.7 Å². The van der Waals surface area contributed by atoms with Crippen LogP contribution in [0.5, 0.6) is 0 Å². The molecule has 1 aromatic heterocycles. The number of primary sulfonamides is 1. The number of hydrogen-bond donors (Lipinski definition) is 1. The van der Waals surface area contributed by atoms with Gasteiger partial charge in [0.15, 0.2) is 10.9 Å². The summed E-state index contributed by atoms with van der Waals surface area (Å²) in [4.78, 5) is 16.9. The maximum atomic E-state index is 12.4. The molecule has 0 saturated heterocycles. The number of imidazole rings is 1. The topological polar surface area (TPSA) is 95.0 Å². The highest BCUT2D eigenvalue weighted by Crippen LogP contribution is 2.27. The molecule has 6 nitrogen and oxygen atoms in total. The molecule has 142 valence electrons. The normalized spacial score (nSPS) is 11.8. The van der Waals surface area contributed by atoms with Gasteiger partial charge < -0.3 is 4.57 Å². The number of nitrogens with two attached hydrogens (primary N) is 1. The molecular formula is C18H18ClN3O3S2. The number of fused-ring (bicyclic) bond motifs is 1. The predicted octanol–water partition coefficient (Wildman–Crippen LogP) is 3.72. The van der Waals surface area contributed by atoms with Crippen LogP contribution in [0, 0.1) is 0 Å². The summed E-state index contributed by atoms with van der Waals surface area (Å²) in [5.74, 6) is 0.188. The molecule has 3 rings (SSSR count). The first-order valence-corrected chi connectivity index (χ1v) is 11.1. The third-order valence-corrected chi connectivity index (χ3v) is 6.10. The van der Waals surface area contributed by atoms with Crippen molar-refractivity contribution in [2.45, 2.75) is 29.9 Å². The van der Waals surface area contributed by atoms with Crippen molar-refractivity contribution in [3.63, 3.8) is 0 Å². The van der Waals surface area contributed by atoms with Crippen LogP contribution < -0.4 is 5.14 Å². The number of aromatic nitrogens is 2. The molecule has 27 heavy (non-hydrogen) atoms. The third-order valence-electron chi connectivity index (χ3n) is 3.96. The van der Waals surface area contributed by atoms with Gasteiger partial charge >= 0.3 is 0 Å². The Balaban J connectivity index is 1.89. The molecule has 0 aliphatic carbocycles. The summed E-state index contributed by atoms with van der Waals surface area (Å²) >= 11 is 7.18. The lowest BCUT2D eigenvalue weighted by Crippen LogP contribution is -2.11. The van der Waals surface area contributed by atoms with E-state index in [0.29, 0.717) is 27.8 Å². The van der Waals surface area contributed by atoms with Crippen molar-refractivity contribution >= 4 is 50.2 Å². The number of ketones is 1. The van der Waals surface area contributed by atoms with E-state index < -0.39 is 10.0 Å². The second-order valence-corrected chi connectivity index (χ2v) is 8.90. The van der Waals surface area contributed by atoms with Gasteiger partial charge in [-0.2, -0.15) is 0 Å². The number of nitrogens with zero attached hydrogens (tertiary/aromatic N) is 2. The molecule has 0 aliphatic rings. The zero-order valence-corrected chi connectivity index (χ0v) is 16.9. The first-order valence-electron chi connectivity index (χ1n) is 8.24. The van der Waals surface area contributed by atoms with E-state index in [0.717, 1.165) is 11.9 Å². The Hall–Kier alpha value is -1.87.